The molecule has 140 valence electrons. The third kappa shape index (κ3) is 2.19. The number of hydrazone groups is 1. The van der Waals surface area contributed by atoms with Crippen molar-refractivity contribution in [1.29, 1.82) is 0 Å². The summed E-state index contributed by atoms with van der Waals surface area (Å²) in [5.74, 6) is -1.34. The largest absolute Gasteiger partial charge is 0.463 e. The second kappa shape index (κ2) is 5.69. The minimum Gasteiger partial charge on any atom is -0.463 e. The Morgan fingerprint density at radius 3 is 2.46 bits per heavy atom. The molecule has 2 heterocycles. The fraction of sp³-hybridized carbons (Fsp3) is 0.263. The van der Waals surface area contributed by atoms with E-state index in [2.05, 4.69) is 5.10 Å². The van der Waals surface area contributed by atoms with Gasteiger partial charge in [0.05, 0.1) is 33.9 Å². The van der Waals surface area contributed by atoms with E-state index in [-0.39, 0.29) is 57.7 Å². The van der Waals surface area contributed by atoms with E-state index in [4.69, 9.17) is 4.42 Å². The number of carbonyl (C=O) groups is 2. The molecule has 1 aliphatic heterocycles. The summed E-state index contributed by atoms with van der Waals surface area (Å²) >= 11 is 0. The Kier molecular flexibility index (Phi) is 3.36. The van der Waals surface area contributed by atoms with Crippen molar-refractivity contribution < 1.29 is 18.9 Å². The van der Waals surface area contributed by atoms with Gasteiger partial charge >= 0.3 is 0 Å². The van der Waals surface area contributed by atoms with Gasteiger partial charge in [-0.25, -0.2) is 0 Å². The van der Waals surface area contributed by atoms with Gasteiger partial charge < -0.3 is 4.42 Å². The summed E-state index contributed by atoms with van der Waals surface area (Å²) in [6, 6.07) is 3.70. The van der Waals surface area contributed by atoms with Crippen molar-refractivity contribution in [2.75, 3.05) is 0 Å². The number of hydrogen-bond acceptors (Lipinski definition) is 7. The van der Waals surface area contributed by atoms with Crippen LogP contribution in [0, 0.1) is 33.8 Å². The number of non-ortho nitro benzene ring substituents is 1. The highest BCUT2D eigenvalue weighted by Crippen LogP contribution is 2.52. The maximum atomic E-state index is 12.6. The van der Waals surface area contributed by atoms with Crippen molar-refractivity contribution in [1.82, 2.24) is 5.01 Å². The highest BCUT2D eigenvalue weighted by Gasteiger charge is 2.59. The molecule has 4 atom stereocenters. The molecule has 1 saturated carbocycles. The minimum absolute atomic E-state index is 0.00763. The molecule has 0 N–H and O–H groups in total. The summed E-state index contributed by atoms with van der Waals surface area (Å²) in [5, 5.41) is 15.7. The summed E-state index contributed by atoms with van der Waals surface area (Å²) in [6.45, 7) is 0. The summed E-state index contributed by atoms with van der Waals surface area (Å²) < 4.78 is 5.33. The number of amides is 2. The van der Waals surface area contributed by atoms with Crippen molar-refractivity contribution in [3.63, 3.8) is 0 Å². The average Bonchev–Trinajstić information content (AvgIpc) is 3.36. The van der Waals surface area contributed by atoms with Crippen LogP contribution in [0.3, 0.4) is 0 Å². The zero-order valence-corrected chi connectivity index (χ0v) is 14.3. The number of benzene rings is 1. The summed E-state index contributed by atoms with van der Waals surface area (Å²) in [7, 11) is 0. The Labute approximate surface area is 157 Å². The molecule has 9 nitrogen and oxygen atoms in total. The van der Waals surface area contributed by atoms with Gasteiger partial charge in [-0.15, -0.1) is 0 Å². The van der Waals surface area contributed by atoms with Gasteiger partial charge in [-0.05, 0) is 24.3 Å². The summed E-state index contributed by atoms with van der Waals surface area (Å²) in [4.78, 5) is 48.1. The maximum Gasteiger partial charge on any atom is 0.270 e. The van der Waals surface area contributed by atoms with Crippen LogP contribution >= 0.6 is 0 Å². The zero-order valence-electron chi connectivity index (χ0n) is 14.3. The van der Waals surface area contributed by atoms with Crippen LogP contribution < -0.4 is 5.43 Å². The number of fused-ring (bicyclic) bond motifs is 6. The van der Waals surface area contributed by atoms with E-state index in [0.717, 1.165) is 30.0 Å². The Morgan fingerprint density at radius 2 is 1.82 bits per heavy atom. The van der Waals surface area contributed by atoms with Gasteiger partial charge in [0.15, 0.2) is 0 Å². The summed E-state index contributed by atoms with van der Waals surface area (Å²) in [5.41, 5.74) is -0.589. The van der Waals surface area contributed by atoms with Gasteiger partial charge in [-0.1, -0.05) is 12.2 Å². The van der Waals surface area contributed by atoms with Crippen LogP contribution in [0.25, 0.3) is 11.0 Å². The summed E-state index contributed by atoms with van der Waals surface area (Å²) in [6.07, 6.45) is 7.02. The number of allylic oxidation sites excluding steroid dienone is 2. The van der Waals surface area contributed by atoms with Gasteiger partial charge in [0.1, 0.15) is 11.8 Å². The predicted octanol–water partition coefficient (Wildman–Crippen LogP) is 1.84. The molecule has 2 aliphatic carbocycles. The number of nitro benzene ring substituents is 1. The molecule has 4 unspecified atom stereocenters. The van der Waals surface area contributed by atoms with Gasteiger partial charge in [-0.3, -0.25) is 24.5 Å². The topological polar surface area (TPSA) is 123 Å². The number of hydrogen-bond donors (Lipinski definition) is 0. The van der Waals surface area contributed by atoms with Crippen LogP contribution in [-0.2, 0) is 9.59 Å². The molecule has 1 aromatic carbocycles. The molecule has 1 saturated heterocycles. The molecule has 28 heavy (non-hydrogen) atoms. The smallest absolute Gasteiger partial charge is 0.270 e. The first-order valence-corrected chi connectivity index (χ1v) is 8.76. The lowest BCUT2D eigenvalue weighted by molar-refractivity contribution is -0.384. The van der Waals surface area contributed by atoms with Crippen LogP contribution in [0.5, 0.6) is 0 Å². The van der Waals surface area contributed by atoms with E-state index in [9.17, 15) is 24.5 Å². The Morgan fingerprint density at radius 1 is 1.14 bits per heavy atom. The maximum absolute atomic E-state index is 12.6. The molecule has 0 radical (unpaired) electrons. The second-order valence-electron chi connectivity index (χ2n) is 7.19. The first-order chi connectivity index (χ1) is 13.5. The van der Waals surface area contributed by atoms with Gasteiger partial charge in [-0.2, -0.15) is 10.1 Å². The Bertz CT molecular complexity index is 1150. The van der Waals surface area contributed by atoms with Crippen molar-refractivity contribution in [3.05, 3.63) is 62.5 Å². The van der Waals surface area contributed by atoms with E-state index >= 15 is 0 Å². The number of imide groups is 1. The normalized spacial score (nSPS) is 28.1. The minimum atomic E-state index is -0.609. The van der Waals surface area contributed by atoms with E-state index in [1.165, 1.54) is 12.1 Å². The van der Waals surface area contributed by atoms with Crippen molar-refractivity contribution in [2.45, 2.75) is 6.42 Å². The molecule has 2 amide bonds. The third-order valence-electron chi connectivity index (χ3n) is 5.75. The highest BCUT2D eigenvalue weighted by atomic mass is 16.6. The van der Waals surface area contributed by atoms with Gasteiger partial charge in [0.2, 0.25) is 5.43 Å². The van der Waals surface area contributed by atoms with Crippen LogP contribution in [0.15, 0.2) is 50.9 Å². The van der Waals surface area contributed by atoms with Crippen LogP contribution in [-0.4, -0.2) is 28.0 Å². The lowest BCUT2D eigenvalue weighted by Crippen LogP contribution is -2.28. The van der Waals surface area contributed by atoms with Crippen molar-refractivity contribution >= 4 is 34.7 Å². The number of rotatable bonds is 3. The predicted molar refractivity (Wildman–Crippen MR) is 96.3 cm³/mol. The first kappa shape index (κ1) is 16.5. The molecule has 3 aliphatic rings. The molecule has 2 fully saturated rings. The zero-order chi connectivity index (χ0) is 19.6. The molecular formula is C19H13N3O6. The average molecular weight is 379 g/mol. The monoisotopic (exact) mass is 379 g/mol. The van der Waals surface area contributed by atoms with E-state index < -0.39 is 10.4 Å². The molecule has 1 aromatic heterocycles. The standard InChI is InChI=1S/C19H13N3O6/c23-17-11(8-28-14-4-3-12(22(26)27)6-13(14)17)7-20-21-18(24)15-9-1-2-10(5-9)16(15)19(21)25/h1-4,6-10,15-16H,5H2/b20-7+. The Hall–Kier alpha value is -3.62. The number of nitrogens with zero attached hydrogens (tertiary/aromatic N) is 3. The van der Waals surface area contributed by atoms with Crippen LogP contribution in [0.1, 0.15) is 12.0 Å². The second-order valence-corrected chi connectivity index (χ2v) is 7.19. The molecular weight excluding hydrogens is 366 g/mol. The van der Waals surface area contributed by atoms with E-state index in [1.54, 1.807) is 0 Å². The number of carbonyl (C=O) groups excluding carboxylic acids is 2. The van der Waals surface area contributed by atoms with Crippen molar-refractivity contribution in [3.8, 4) is 0 Å². The fourth-order valence-electron chi connectivity index (χ4n) is 4.46. The molecule has 5 rings (SSSR count). The van der Waals surface area contributed by atoms with Crippen LogP contribution in [0.4, 0.5) is 5.69 Å². The third-order valence-corrected chi connectivity index (χ3v) is 5.75. The van der Waals surface area contributed by atoms with Crippen LogP contribution in [0.2, 0.25) is 0 Å². The highest BCUT2D eigenvalue weighted by molar-refractivity contribution is 6.06. The quantitative estimate of drug-likeness (QED) is 0.264. The molecule has 9 heteroatoms. The van der Waals surface area contributed by atoms with Gasteiger partial charge in [0, 0.05) is 12.1 Å². The molecule has 2 bridgehead atoms. The number of nitro groups is 1. The van der Waals surface area contributed by atoms with Gasteiger partial charge in [0.25, 0.3) is 17.5 Å². The SMILES string of the molecule is O=C1C2C3C=CC(C3)C2C(=O)N1/N=C/c1coc2ccc([N+](=O)[O-])cc2c1=O. The molecule has 0 spiro atoms. The Balaban J connectivity index is 1.49. The van der Waals surface area contributed by atoms with Crippen molar-refractivity contribution in [2.24, 2.45) is 28.8 Å². The lowest BCUT2D eigenvalue weighted by Gasteiger charge is -2.13. The lowest BCUT2D eigenvalue weighted by atomic mass is 9.85. The fourth-order valence-corrected chi connectivity index (χ4v) is 4.46. The molecule has 2 aromatic rings. The first-order valence-electron chi connectivity index (χ1n) is 8.76. The van der Waals surface area contributed by atoms with E-state index in [0.29, 0.717) is 0 Å². The van der Waals surface area contributed by atoms with E-state index in [1.807, 2.05) is 12.2 Å².